The summed E-state index contributed by atoms with van der Waals surface area (Å²) in [5, 5.41) is 4.74. The van der Waals surface area contributed by atoms with Crippen LogP contribution in [-0.4, -0.2) is 47.9 Å². The van der Waals surface area contributed by atoms with Gasteiger partial charge in [0.05, 0.1) is 25.1 Å². The van der Waals surface area contributed by atoms with Crippen molar-refractivity contribution in [2.75, 3.05) is 25.5 Å². The van der Waals surface area contributed by atoms with Crippen molar-refractivity contribution in [2.24, 2.45) is 5.92 Å². The van der Waals surface area contributed by atoms with E-state index in [0.29, 0.717) is 42.3 Å². The number of nitrogens with one attached hydrogen (secondary N) is 1. The molecule has 2 amide bonds. The summed E-state index contributed by atoms with van der Waals surface area (Å²) in [5.74, 6) is -1.25. The maximum absolute atomic E-state index is 12.9. The molecule has 1 aromatic carbocycles. The molecule has 1 aliphatic heterocycles. The van der Waals surface area contributed by atoms with Gasteiger partial charge in [-0.25, -0.2) is 9.37 Å². The molecule has 9 heteroatoms. The Morgan fingerprint density at radius 3 is 2.57 bits per heavy atom. The number of carbonyl (C=O) groups is 3. The van der Waals surface area contributed by atoms with E-state index in [0.717, 1.165) is 0 Å². The molecule has 1 aliphatic rings. The minimum atomic E-state index is -0.415. The van der Waals surface area contributed by atoms with Crippen molar-refractivity contribution in [1.29, 1.82) is 0 Å². The van der Waals surface area contributed by atoms with Gasteiger partial charge in [-0.2, -0.15) is 0 Å². The summed E-state index contributed by atoms with van der Waals surface area (Å²) in [5.41, 5.74) is 0.891. The van der Waals surface area contributed by atoms with Crippen LogP contribution in [0.1, 0.15) is 28.9 Å². The molecule has 7 nitrogen and oxygen atoms in total. The van der Waals surface area contributed by atoms with E-state index in [1.54, 1.807) is 10.3 Å². The van der Waals surface area contributed by atoms with Crippen LogP contribution in [0.5, 0.6) is 0 Å². The van der Waals surface area contributed by atoms with E-state index < -0.39 is 11.7 Å². The normalized spacial score (nSPS) is 14.6. The number of methoxy groups -OCH3 is 1. The van der Waals surface area contributed by atoms with Crippen LogP contribution in [0.15, 0.2) is 29.6 Å². The number of aromatic nitrogens is 1. The van der Waals surface area contributed by atoms with Crippen LogP contribution in [0.3, 0.4) is 0 Å². The summed E-state index contributed by atoms with van der Waals surface area (Å²) in [6, 6.07) is 5.20. The van der Waals surface area contributed by atoms with Crippen LogP contribution < -0.4 is 5.32 Å². The molecule has 2 heterocycles. The fourth-order valence-corrected chi connectivity index (χ4v) is 3.72. The zero-order valence-corrected chi connectivity index (χ0v) is 16.1. The lowest BCUT2D eigenvalue weighted by Gasteiger charge is -2.30. The smallest absolute Gasteiger partial charge is 0.308 e. The first-order valence-corrected chi connectivity index (χ1v) is 9.71. The number of amides is 2. The summed E-state index contributed by atoms with van der Waals surface area (Å²) >= 11 is 1.22. The predicted octanol–water partition coefficient (Wildman–Crippen LogP) is 2.49. The van der Waals surface area contributed by atoms with Crippen molar-refractivity contribution in [2.45, 2.75) is 19.3 Å². The van der Waals surface area contributed by atoms with Crippen molar-refractivity contribution in [3.05, 3.63) is 46.7 Å². The maximum atomic E-state index is 12.9. The van der Waals surface area contributed by atoms with Gasteiger partial charge in [-0.05, 0) is 37.1 Å². The third-order valence-electron chi connectivity index (χ3n) is 4.59. The third-order valence-corrected chi connectivity index (χ3v) is 5.40. The molecule has 0 radical (unpaired) electrons. The van der Waals surface area contributed by atoms with E-state index in [1.165, 1.54) is 42.7 Å². The Balaban J connectivity index is 1.51. The van der Waals surface area contributed by atoms with Gasteiger partial charge in [0.1, 0.15) is 5.82 Å². The minimum Gasteiger partial charge on any atom is -0.469 e. The first kappa shape index (κ1) is 19.9. The number of piperidine rings is 1. The molecular formula is C19H20FN3O4S. The van der Waals surface area contributed by atoms with Gasteiger partial charge in [0.2, 0.25) is 5.91 Å². The number of rotatable bonds is 5. The average molecular weight is 405 g/mol. The van der Waals surface area contributed by atoms with E-state index in [-0.39, 0.29) is 24.2 Å². The fourth-order valence-electron chi connectivity index (χ4n) is 3.01. The van der Waals surface area contributed by atoms with Gasteiger partial charge in [0.25, 0.3) is 5.91 Å². The number of esters is 1. The lowest BCUT2D eigenvalue weighted by Crippen LogP contribution is -2.41. The second-order valence-corrected chi connectivity index (χ2v) is 7.32. The van der Waals surface area contributed by atoms with E-state index >= 15 is 0 Å². The molecule has 1 aromatic heterocycles. The zero-order chi connectivity index (χ0) is 20.1. The van der Waals surface area contributed by atoms with Crippen LogP contribution in [0, 0.1) is 11.7 Å². The highest BCUT2D eigenvalue weighted by Gasteiger charge is 2.28. The number of halogens is 1. The molecule has 0 atom stereocenters. The van der Waals surface area contributed by atoms with Crippen molar-refractivity contribution < 1.29 is 23.5 Å². The summed E-state index contributed by atoms with van der Waals surface area (Å²) in [6.45, 7) is 1.02. The second-order valence-electron chi connectivity index (χ2n) is 6.46. The Morgan fingerprint density at radius 2 is 1.93 bits per heavy atom. The number of hydrogen-bond donors (Lipinski definition) is 1. The van der Waals surface area contributed by atoms with Crippen molar-refractivity contribution in [1.82, 2.24) is 9.88 Å². The SMILES string of the molecule is COC(=O)C1CCN(C(=O)Cc2csc(NC(=O)c3ccc(F)cc3)n2)CC1. The van der Waals surface area contributed by atoms with E-state index in [2.05, 4.69) is 10.3 Å². The molecule has 0 bridgehead atoms. The summed E-state index contributed by atoms with van der Waals surface area (Å²) in [7, 11) is 1.37. The molecule has 0 spiro atoms. The number of benzene rings is 1. The fraction of sp³-hybridized carbons (Fsp3) is 0.368. The Kier molecular flexibility index (Phi) is 6.35. The van der Waals surface area contributed by atoms with Crippen LogP contribution in [0.4, 0.5) is 9.52 Å². The number of anilines is 1. The molecule has 1 saturated heterocycles. The highest BCUT2D eigenvalue weighted by molar-refractivity contribution is 7.14. The Hall–Kier alpha value is -2.81. The van der Waals surface area contributed by atoms with Crippen molar-refractivity contribution >= 4 is 34.3 Å². The van der Waals surface area contributed by atoms with Gasteiger partial charge >= 0.3 is 5.97 Å². The van der Waals surface area contributed by atoms with E-state index in [9.17, 15) is 18.8 Å². The largest absolute Gasteiger partial charge is 0.469 e. The number of carbonyl (C=O) groups excluding carboxylic acids is 3. The highest BCUT2D eigenvalue weighted by Crippen LogP contribution is 2.21. The molecule has 0 unspecified atom stereocenters. The van der Waals surface area contributed by atoms with Crippen LogP contribution in [-0.2, 0) is 20.7 Å². The standard InChI is InChI=1S/C19H20FN3O4S/c1-27-18(26)13-6-8-23(9-7-13)16(24)10-15-11-28-19(21-15)22-17(25)12-2-4-14(20)5-3-12/h2-5,11,13H,6-10H2,1H3,(H,21,22,25). The van der Waals surface area contributed by atoms with Gasteiger partial charge in [0, 0.05) is 24.0 Å². The highest BCUT2D eigenvalue weighted by atomic mass is 32.1. The maximum Gasteiger partial charge on any atom is 0.308 e. The molecule has 1 fully saturated rings. The lowest BCUT2D eigenvalue weighted by atomic mass is 9.97. The van der Waals surface area contributed by atoms with Crippen LogP contribution in [0.25, 0.3) is 0 Å². The second kappa shape index (κ2) is 8.92. The molecule has 0 aliphatic carbocycles. The van der Waals surface area contributed by atoms with Gasteiger partial charge < -0.3 is 9.64 Å². The molecule has 3 rings (SSSR count). The number of thiazole rings is 1. The average Bonchev–Trinajstić information content (AvgIpc) is 3.14. The number of ether oxygens (including phenoxy) is 1. The van der Waals surface area contributed by atoms with Crippen molar-refractivity contribution in [3.63, 3.8) is 0 Å². The van der Waals surface area contributed by atoms with Crippen LogP contribution in [0.2, 0.25) is 0 Å². The summed E-state index contributed by atoms with van der Waals surface area (Å²) < 4.78 is 17.7. The molecule has 1 N–H and O–H groups in total. The predicted molar refractivity (Wildman–Crippen MR) is 101 cm³/mol. The number of likely N-dealkylation sites (tertiary alicyclic amines) is 1. The Bertz CT molecular complexity index is 860. The number of hydrogen-bond acceptors (Lipinski definition) is 6. The van der Waals surface area contributed by atoms with Crippen molar-refractivity contribution in [3.8, 4) is 0 Å². The first-order chi connectivity index (χ1) is 13.5. The van der Waals surface area contributed by atoms with Gasteiger partial charge in [-0.3, -0.25) is 19.7 Å². The van der Waals surface area contributed by atoms with Gasteiger partial charge in [-0.15, -0.1) is 11.3 Å². The third kappa shape index (κ3) is 4.92. The van der Waals surface area contributed by atoms with Gasteiger partial charge in [0.15, 0.2) is 5.13 Å². The Labute approximate surface area is 165 Å². The van der Waals surface area contributed by atoms with E-state index in [4.69, 9.17) is 4.74 Å². The molecule has 148 valence electrons. The molecule has 28 heavy (non-hydrogen) atoms. The first-order valence-electron chi connectivity index (χ1n) is 8.83. The Morgan fingerprint density at radius 1 is 1.25 bits per heavy atom. The number of nitrogens with zero attached hydrogens (tertiary/aromatic N) is 2. The zero-order valence-electron chi connectivity index (χ0n) is 15.3. The molecule has 0 saturated carbocycles. The monoisotopic (exact) mass is 405 g/mol. The van der Waals surface area contributed by atoms with Gasteiger partial charge in [-0.1, -0.05) is 0 Å². The summed E-state index contributed by atoms with van der Waals surface area (Å²) in [4.78, 5) is 42.1. The molecule has 2 aromatic rings. The summed E-state index contributed by atoms with van der Waals surface area (Å²) in [6.07, 6.45) is 1.31. The van der Waals surface area contributed by atoms with E-state index in [1.807, 2.05) is 0 Å². The lowest BCUT2D eigenvalue weighted by molar-refractivity contribution is -0.148. The minimum absolute atomic E-state index is 0.0648. The molecular weight excluding hydrogens is 385 g/mol. The quantitative estimate of drug-likeness (QED) is 0.772. The topological polar surface area (TPSA) is 88.6 Å². The van der Waals surface area contributed by atoms with Crippen LogP contribution >= 0.6 is 11.3 Å².